The molecule has 0 radical (unpaired) electrons. The van der Waals surface area contributed by atoms with Gasteiger partial charge in [0.15, 0.2) is 5.96 Å². The smallest absolute Gasteiger partial charge is 0.335 e. The number of rotatable bonds is 8. The summed E-state index contributed by atoms with van der Waals surface area (Å²) in [6.45, 7) is 0.550. The number of aromatic carboxylic acids is 1. The Labute approximate surface area is 122 Å². The van der Waals surface area contributed by atoms with Gasteiger partial charge in [0, 0.05) is 13.0 Å². The number of carbonyl (C=O) groups excluding carboxylic acids is 1. The standard InChI is InChI=1S/C14H19N3O4/c15-14(16)17-9-3-1-2-4-12(18)21-11-7-5-10(6-8-11)13(19)20/h5-8H,1-4,9H2,(H,19,20)(H4,15,16,17). The average Bonchev–Trinajstić information content (AvgIpc) is 2.43. The maximum atomic E-state index is 11.6. The Morgan fingerprint density at radius 3 is 2.33 bits per heavy atom. The molecule has 1 aromatic rings. The number of guanidine groups is 1. The number of hydrogen-bond acceptors (Lipinski definition) is 4. The summed E-state index contributed by atoms with van der Waals surface area (Å²) in [4.78, 5) is 26.1. The maximum absolute atomic E-state index is 11.6. The van der Waals surface area contributed by atoms with E-state index in [9.17, 15) is 9.59 Å². The van der Waals surface area contributed by atoms with E-state index in [1.54, 1.807) is 0 Å². The number of nitrogens with two attached hydrogens (primary N) is 2. The van der Waals surface area contributed by atoms with Gasteiger partial charge in [-0.25, -0.2) is 4.79 Å². The van der Waals surface area contributed by atoms with E-state index in [4.69, 9.17) is 21.3 Å². The second-order valence-electron chi connectivity index (χ2n) is 4.42. The fourth-order valence-electron chi connectivity index (χ4n) is 1.61. The van der Waals surface area contributed by atoms with Crippen molar-refractivity contribution in [2.24, 2.45) is 16.5 Å². The number of aliphatic imine (C=N–C) groups is 1. The van der Waals surface area contributed by atoms with Gasteiger partial charge in [0.1, 0.15) is 5.75 Å². The molecule has 7 nitrogen and oxygen atoms in total. The van der Waals surface area contributed by atoms with Crippen LogP contribution >= 0.6 is 0 Å². The SMILES string of the molecule is NC(N)=NCCCCCC(=O)Oc1ccc(C(=O)O)cc1. The van der Waals surface area contributed by atoms with Gasteiger partial charge in [0.25, 0.3) is 0 Å². The first kappa shape index (κ1) is 16.5. The minimum atomic E-state index is -1.02. The fourth-order valence-corrected chi connectivity index (χ4v) is 1.61. The van der Waals surface area contributed by atoms with Crippen molar-refractivity contribution in [3.8, 4) is 5.75 Å². The molecule has 0 atom stereocenters. The number of ether oxygens (including phenoxy) is 1. The van der Waals surface area contributed by atoms with Crippen molar-refractivity contribution in [3.05, 3.63) is 29.8 Å². The van der Waals surface area contributed by atoms with Gasteiger partial charge in [-0.15, -0.1) is 0 Å². The molecule has 0 saturated carbocycles. The van der Waals surface area contributed by atoms with E-state index in [0.29, 0.717) is 25.1 Å². The molecule has 5 N–H and O–H groups in total. The highest BCUT2D eigenvalue weighted by Crippen LogP contribution is 2.13. The zero-order chi connectivity index (χ0) is 15.7. The van der Waals surface area contributed by atoms with Crippen molar-refractivity contribution >= 4 is 17.9 Å². The van der Waals surface area contributed by atoms with Crippen LogP contribution in [0.2, 0.25) is 0 Å². The van der Waals surface area contributed by atoms with Crippen LogP contribution in [0.5, 0.6) is 5.75 Å². The monoisotopic (exact) mass is 293 g/mol. The van der Waals surface area contributed by atoms with Gasteiger partial charge in [-0.1, -0.05) is 6.42 Å². The summed E-state index contributed by atoms with van der Waals surface area (Å²) in [6, 6.07) is 5.69. The second-order valence-corrected chi connectivity index (χ2v) is 4.42. The van der Waals surface area contributed by atoms with E-state index >= 15 is 0 Å². The van der Waals surface area contributed by atoms with E-state index < -0.39 is 5.97 Å². The maximum Gasteiger partial charge on any atom is 0.335 e. The number of hydrogen-bond donors (Lipinski definition) is 3. The molecule has 0 unspecified atom stereocenters. The molecule has 0 aliphatic carbocycles. The summed E-state index contributed by atoms with van der Waals surface area (Å²) >= 11 is 0. The van der Waals surface area contributed by atoms with Gasteiger partial charge >= 0.3 is 11.9 Å². The predicted molar refractivity (Wildman–Crippen MR) is 78.2 cm³/mol. The molecule has 0 heterocycles. The van der Waals surface area contributed by atoms with Crippen molar-refractivity contribution in [3.63, 3.8) is 0 Å². The molecular formula is C14H19N3O4. The molecule has 21 heavy (non-hydrogen) atoms. The fraction of sp³-hybridized carbons (Fsp3) is 0.357. The predicted octanol–water partition coefficient (Wildman–Crippen LogP) is 1.12. The van der Waals surface area contributed by atoms with Crippen LogP contribution in [0.25, 0.3) is 0 Å². The first-order valence-corrected chi connectivity index (χ1v) is 6.58. The Bertz CT molecular complexity index is 507. The van der Waals surface area contributed by atoms with Gasteiger partial charge in [-0.3, -0.25) is 9.79 Å². The molecule has 0 amide bonds. The van der Waals surface area contributed by atoms with Crippen LogP contribution in [0.3, 0.4) is 0 Å². The van der Waals surface area contributed by atoms with Crippen LogP contribution in [-0.4, -0.2) is 29.5 Å². The summed E-state index contributed by atoms with van der Waals surface area (Å²) in [7, 11) is 0. The highest BCUT2D eigenvalue weighted by molar-refractivity contribution is 5.87. The molecule has 1 aromatic carbocycles. The number of benzene rings is 1. The summed E-state index contributed by atoms with van der Waals surface area (Å²) < 4.78 is 5.09. The third kappa shape index (κ3) is 6.95. The summed E-state index contributed by atoms with van der Waals surface area (Å²) in [5.74, 6) is -0.960. The van der Waals surface area contributed by atoms with Crippen molar-refractivity contribution < 1.29 is 19.4 Å². The van der Waals surface area contributed by atoms with Crippen molar-refractivity contribution in [1.82, 2.24) is 0 Å². The molecule has 0 aromatic heterocycles. The third-order valence-corrected chi connectivity index (χ3v) is 2.67. The Kier molecular flexibility index (Phi) is 6.73. The molecule has 114 valence electrons. The first-order chi connectivity index (χ1) is 9.99. The molecule has 1 rings (SSSR count). The van der Waals surface area contributed by atoms with Gasteiger partial charge in [-0.05, 0) is 37.1 Å². The quantitative estimate of drug-likeness (QED) is 0.217. The Morgan fingerprint density at radius 2 is 1.76 bits per heavy atom. The summed E-state index contributed by atoms with van der Waals surface area (Å²) in [6.07, 6.45) is 2.61. The molecule has 0 spiro atoms. The number of unbranched alkanes of at least 4 members (excludes halogenated alkanes) is 2. The van der Waals surface area contributed by atoms with Crippen LogP contribution in [0, 0.1) is 0 Å². The molecule has 0 aliphatic heterocycles. The van der Waals surface area contributed by atoms with E-state index in [-0.39, 0.29) is 17.5 Å². The van der Waals surface area contributed by atoms with Crippen LogP contribution in [-0.2, 0) is 4.79 Å². The van der Waals surface area contributed by atoms with Gasteiger partial charge in [-0.2, -0.15) is 0 Å². The molecule has 0 saturated heterocycles. The first-order valence-electron chi connectivity index (χ1n) is 6.58. The number of carboxylic acids is 1. The van der Waals surface area contributed by atoms with Crippen molar-refractivity contribution in [2.75, 3.05) is 6.54 Å². The van der Waals surface area contributed by atoms with Crippen LogP contribution < -0.4 is 16.2 Å². The van der Waals surface area contributed by atoms with Crippen molar-refractivity contribution in [2.45, 2.75) is 25.7 Å². The normalized spacial score (nSPS) is 9.90. The Balaban J connectivity index is 2.24. The van der Waals surface area contributed by atoms with Gasteiger partial charge < -0.3 is 21.3 Å². The number of carbonyl (C=O) groups is 2. The topological polar surface area (TPSA) is 128 Å². The lowest BCUT2D eigenvalue weighted by molar-refractivity contribution is -0.134. The molecular weight excluding hydrogens is 274 g/mol. The highest BCUT2D eigenvalue weighted by atomic mass is 16.5. The highest BCUT2D eigenvalue weighted by Gasteiger charge is 2.06. The van der Waals surface area contributed by atoms with Crippen LogP contribution in [0.4, 0.5) is 0 Å². The van der Waals surface area contributed by atoms with E-state index in [0.717, 1.165) is 12.8 Å². The van der Waals surface area contributed by atoms with Crippen LogP contribution in [0.1, 0.15) is 36.0 Å². The largest absolute Gasteiger partial charge is 0.478 e. The lowest BCUT2D eigenvalue weighted by Gasteiger charge is -2.04. The second kappa shape index (κ2) is 8.57. The lowest BCUT2D eigenvalue weighted by atomic mass is 10.2. The van der Waals surface area contributed by atoms with E-state index in [1.807, 2.05) is 0 Å². The minimum absolute atomic E-state index is 0.0687. The number of esters is 1. The molecule has 7 heteroatoms. The zero-order valence-corrected chi connectivity index (χ0v) is 11.6. The third-order valence-electron chi connectivity index (χ3n) is 2.67. The molecule has 0 fully saturated rings. The van der Waals surface area contributed by atoms with Crippen molar-refractivity contribution in [1.29, 1.82) is 0 Å². The number of carboxylic acid groups (broad SMARTS) is 1. The summed E-state index contributed by atoms with van der Waals surface area (Å²) in [5, 5.41) is 8.75. The van der Waals surface area contributed by atoms with Gasteiger partial charge in [0.05, 0.1) is 5.56 Å². The van der Waals surface area contributed by atoms with Gasteiger partial charge in [0.2, 0.25) is 0 Å². The zero-order valence-electron chi connectivity index (χ0n) is 11.6. The lowest BCUT2D eigenvalue weighted by Crippen LogP contribution is -2.22. The Hall–Kier alpha value is -2.57. The molecule has 0 bridgehead atoms. The Morgan fingerprint density at radius 1 is 1.10 bits per heavy atom. The molecule has 0 aliphatic rings. The van der Waals surface area contributed by atoms with E-state index in [2.05, 4.69) is 4.99 Å². The summed E-state index contributed by atoms with van der Waals surface area (Å²) in [5.41, 5.74) is 10.5. The van der Waals surface area contributed by atoms with E-state index in [1.165, 1.54) is 24.3 Å². The number of nitrogens with zero attached hydrogens (tertiary/aromatic N) is 1. The average molecular weight is 293 g/mol. The van der Waals surface area contributed by atoms with Crippen LogP contribution in [0.15, 0.2) is 29.3 Å². The minimum Gasteiger partial charge on any atom is -0.478 e.